The second kappa shape index (κ2) is 11.7. The van der Waals surface area contributed by atoms with Crippen molar-refractivity contribution in [1.82, 2.24) is 0 Å². The number of benzene rings is 1. The van der Waals surface area contributed by atoms with Crippen molar-refractivity contribution in [3.05, 3.63) is 69.8 Å². The van der Waals surface area contributed by atoms with Gasteiger partial charge in [-0.3, -0.25) is 4.79 Å². The topological polar surface area (TPSA) is 52.6 Å². The molecule has 4 nitrogen and oxygen atoms in total. The van der Waals surface area contributed by atoms with E-state index in [4.69, 9.17) is 9.47 Å². The highest BCUT2D eigenvalue weighted by molar-refractivity contribution is 5.92. The van der Waals surface area contributed by atoms with E-state index in [1.54, 1.807) is 0 Å². The van der Waals surface area contributed by atoms with E-state index in [1.807, 2.05) is 57.2 Å². The average Bonchev–Trinajstić information content (AvgIpc) is 2.69. The van der Waals surface area contributed by atoms with Crippen LogP contribution in [0.3, 0.4) is 0 Å². The van der Waals surface area contributed by atoms with Crippen LogP contribution in [0, 0.1) is 25.7 Å². The summed E-state index contributed by atoms with van der Waals surface area (Å²) in [7, 11) is 1.40. The second-order valence-electron chi connectivity index (χ2n) is 9.03. The van der Waals surface area contributed by atoms with Crippen molar-refractivity contribution in [3.8, 4) is 5.75 Å². The molecule has 172 valence electrons. The third-order valence-electron chi connectivity index (χ3n) is 5.93. The summed E-state index contributed by atoms with van der Waals surface area (Å²) >= 11 is 0. The van der Waals surface area contributed by atoms with Gasteiger partial charge in [0.2, 0.25) is 0 Å². The number of carbonyl (C=O) groups excluding carboxylic acids is 2. The number of ether oxygens (including phenoxy) is 2. The van der Waals surface area contributed by atoms with Crippen LogP contribution >= 0.6 is 0 Å². The maximum atomic E-state index is 12.3. The SMILES string of the molecule is COC(=O)C1=CC(C=Cc2c(C)cc(OC(=O)CC(C)C(C)C)cc2C)=CCCC(C)=C1. The van der Waals surface area contributed by atoms with Crippen molar-refractivity contribution >= 4 is 18.0 Å². The van der Waals surface area contributed by atoms with Gasteiger partial charge in [-0.15, -0.1) is 0 Å². The van der Waals surface area contributed by atoms with Gasteiger partial charge in [-0.05, 0) is 92.0 Å². The molecule has 4 heteroatoms. The molecule has 0 spiro atoms. The molecule has 32 heavy (non-hydrogen) atoms. The first-order valence-electron chi connectivity index (χ1n) is 11.3. The first kappa shape index (κ1) is 25.4. The maximum absolute atomic E-state index is 12.3. The van der Waals surface area contributed by atoms with E-state index in [0.29, 0.717) is 23.7 Å². The van der Waals surface area contributed by atoms with Gasteiger partial charge < -0.3 is 9.47 Å². The molecule has 0 N–H and O–H groups in total. The second-order valence-corrected chi connectivity index (χ2v) is 9.03. The Bertz CT molecular complexity index is 950. The Morgan fingerprint density at radius 1 is 1.03 bits per heavy atom. The minimum absolute atomic E-state index is 0.197. The molecule has 0 heterocycles. The standard InChI is InChI=1S/C28H36O4/c1-18(2)20(4)16-27(29)32-25-14-21(5)26(22(6)15-25)12-11-23-10-8-9-19(3)13-24(17-23)28(30)31-7/h10-15,17-18,20H,8-9,16H2,1-7H3. The minimum Gasteiger partial charge on any atom is -0.465 e. The van der Waals surface area contributed by atoms with Crippen LogP contribution in [0.2, 0.25) is 0 Å². The highest BCUT2D eigenvalue weighted by Crippen LogP contribution is 2.26. The number of methoxy groups -OCH3 is 1. The van der Waals surface area contributed by atoms with Gasteiger partial charge in [0, 0.05) is 6.42 Å². The van der Waals surface area contributed by atoms with Gasteiger partial charge in [0.05, 0.1) is 12.7 Å². The molecule has 0 saturated heterocycles. The zero-order valence-electron chi connectivity index (χ0n) is 20.5. The van der Waals surface area contributed by atoms with E-state index in [2.05, 4.69) is 26.8 Å². The number of allylic oxidation sites excluding steroid dienone is 5. The molecule has 0 bridgehead atoms. The van der Waals surface area contributed by atoms with Crippen LogP contribution in [0.5, 0.6) is 5.75 Å². The predicted molar refractivity (Wildman–Crippen MR) is 130 cm³/mol. The van der Waals surface area contributed by atoms with Gasteiger partial charge in [0.1, 0.15) is 5.75 Å². The van der Waals surface area contributed by atoms with Gasteiger partial charge in [-0.1, -0.05) is 44.6 Å². The van der Waals surface area contributed by atoms with Gasteiger partial charge in [-0.25, -0.2) is 4.79 Å². The monoisotopic (exact) mass is 436 g/mol. The predicted octanol–water partition coefficient (Wildman–Crippen LogP) is 6.67. The largest absolute Gasteiger partial charge is 0.465 e. The van der Waals surface area contributed by atoms with Crippen LogP contribution in [0.25, 0.3) is 6.08 Å². The normalized spacial score (nSPS) is 15.4. The number of aryl methyl sites for hydroxylation is 2. The van der Waals surface area contributed by atoms with E-state index in [1.165, 1.54) is 7.11 Å². The Morgan fingerprint density at radius 2 is 1.69 bits per heavy atom. The molecule has 0 aliphatic heterocycles. The lowest BCUT2D eigenvalue weighted by Crippen LogP contribution is -2.15. The number of esters is 2. The molecule has 0 fully saturated rings. The summed E-state index contributed by atoms with van der Waals surface area (Å²) in [6.07, 6.45) is 12.2. The number of carbonyl (C=O) groups is 2. The number of rotatable bonds is 7. The van der Waals surface area contributed by atoms with Gasteiger partial charge in [0.25, 0.3) is 0 Å². The average molecular weight is 437 g/mol. The third-order valence-corrected chi connectivity index (χ3v) is 5.93. The van der Waals surface area contributed by atoms with E-state index >= 15 is 0 Å². The molecule has 0 aromatic heterocycles. The molecule has 1 aliphatic rings. The molecule has 1 aromatic carbocycles. The summed E-state index contributed by atoms with van der Waals surface area (Å²) in [5.74, 6) is 0.768. The summed E-state index contributed by atoms with van der Waals surface area (Å²) in [6, 6.07) is 3.80. The fraction of sp³-hybridized carbons (Fsp3) is 0.429. The molecule has 2 rings (SSSR count). The van der Waals surface area contributed by atoms with Crippen molar-refractivity contribution in [1.29, 1.82) is 0 Å². The third kappa shape index (κ3) is 7.37. The zero-order chi connectivity index (χ0) is 23.8. The van der Waals surface area contributed by atoms with Crippen LogP contribution in [0.4, 0.5) is 0 Å². The molecular formula is C28H36O4. The Morgan fingerprint density at radius 3 is 2.28 bits per heavy atom. The quantitative estimate of drug-likeness (QED) is 0.354. The van der Waals surface area contributed by atoms with Crippen molar-refractivity contribution in [2.75, 3.05) is 7.11 Å². The number of hydrogen-bond acceptors (Lipinski definition) is 4. The highest BCUT2D eigenvalue weighted by atomic mass is 16.5. The maximum Gasteiger partial charge on any atom is 0.337 e. The molecule has 0 radical (unpaired) electrons. The first-order chi connectivity index (χ1) is 15.1. The lowest BCUT2D eigenvalue weighted by Gasteiger charge is -2.15. The molecule has 1 aromatic rings. The zero-order valence-corrected chi connectivity index (χ0v) is 20.5. The molecular weight excluding hydrogens is 400 g/mol. The minimum atomic E-state index is -0.337. The van der Waals surface area contributed by atoms with E-state index in [9.17, 15) is 9.59 Å². The van der Waals surface area contributed by atoms with Crippen molar-refractivity contribution in [2.45, 2.75) is 60.8 Å². The Kier molecular flexibility index (Phi) is 9.25. The van der Waals surface area contributed by atoms with Crippen LogP contribution in [-0.4, -0.2) is 19.0 Å². The van der Waals surface area contributed by atoms with Crippen molar-refractivity contribution < 1.29 is 19.1 Å². The molecule has 1 aliphatic carbocycles. The lowest BCUT2D eigenvalue weighted by atomic mass is 9.95. The van der Waals surface area contributed by atoms with Crippen LogP contribution < -0.4 is 4.74 Å². The van der Waals surface area contributed by atoms with E-state index in [0.717, 1.165) is 40.7 Å². The molecule has 0 amide bonds. The highest BCUT2D eigenvalue weighted by Gasteiger charge is 2.15. The van der Waals surface area contributed by atoms with Gasteiger partial charge in [0.15, 0.2) is 0 Å². The van der Waals surface area contributed by atoms with E-state index in [-0.39, 0.29) is 17.9 Å². The smallest absolute Gasteiger partial charge is 0.337 e. The first-order valence-corrected chi connectivity index (χ1v) is 11.3. The summed E-state index contributed by atoms with van der Waals surface area (Å²) in [5.41, 5.74) is 5.79. The summed E-state index contributed by atoms with van der Waals surface area (Å²) in [5, 5.41) is 0. The Labute approximate surface area is 192 Å². The van der Waals surface area contributed by atoms with Crippen LogP contribution in [-0.2, 0) is 14.3 Å². The fourth-order valence-electron chi connectivity index (χ4n) is 3.54. The Balaban J connectivity index is 2.23. The Hall–Kier alpha value is -2.88. The number of hydrogen-bond donors (Lipinski definition) is 0. The van der Waals surface area contributed by atoms with E-state index < -0.39 is 0 Å². The fourth-order valence-corrected chi connectivity index (χ4v) is 3.54. The molecule has 0 saturated carbocycles. The van der Waals surface area contributed by atoms with Crippen molar-refractivity contribution in [2.24, 2.45) is 11.8 Å². The lowest BCUT2D eigenvalue weighted by molar-refractivity contribution is -0.136. The van der Waals surface area contributed by atoms with Crippen LogP contribution in [0.1, 0.15) is 63.6 Å². The summed E-state index contributed by atoms with van der Waals surface area (Å²) < 4.78 is 10.5. The van der Waals surface area contributed by atoms with Gasteiger partial charge >= 0.3 is 11.9 Å². The van der Waals surface area contributed by atoms with Crippen LogP contribution in [0.15, 0.2) is 53.2 Å². The van der Waals surface area contributed by atoms with Crippen molar-refractivity contribution in [3.63, 3.8) is 0 Å². The molecule has 1 atom stereocenters. The molecule has 1 unspecified atom stereocenters. The summed E-state index contributed by atoms with van der Waals surface area (Å²) in [4.78, 5) is 24.4. The summed E-state index contributed by atoms with van der Waals surface area (Å²) in [6.45, 7) is 12.3. The van der Waals surface area contributed by atoms with Gasteiger partial charge in [-0.2, -0.15) is 0 Å².